The highest BCUT2D eigenvalue weighted by molar-refractivity contribution is 5.88. The van der Waals surface area contributed by atoms with Crippen molar-refractivity contribution in [3.8, 4) is 0 Å². The number of rotatable bonds is 5. The van der Waals surface area contributed by atoms with E-state index in [2.05, 4.69) is 37.0 Å². The van der Waals surface area contributed by atoms with Gasteiger partial charge in [0.1, 0.15) is 0 Å². The third-order valence-electron chi connectivity index (χ3n) is 5.33. The summed E-state index contributed by atoms with van der Waals surface area (Å²) in [4.78, 5) is 15.1. The number of benzene rings is 1. The van der Waals surface area contributed by atoms with Crippen LogP contribution in [0.4, 0.5) is 0 Å². The molecule has 0 spiro atoms. The number of hydrogen-bond donors (Lipinski definition) is 2. The predicted molar refractivity (Wildman–Crippen MR) is 89.5 cm³/mol. The van der Waals surface area contributed by atoms with Crippen molar-refractivity contribution in [2.24, 2.45) is 0 Å². The Kier molecular flexibility index (Phi) is 3.98. The number of carboxylic acids is 1. The van der Waals surface area contributed by atoms with Crippen LogP contribution in [0.1, 0.15) is 62.8 Å². The molecule has 1 aliphatic carbocycles. The molecule has 0 fully saturated rings. The second-order valence-electron chi connectivity index (χ2n) is 6.63. The summed E-state index contributed by atoms with van der Waals surface area (Å²) < 4.78 is 0. The first-order chi connectivity index (χ1) is 10.6. The van der Waals surface area contributed by atoms with Crippen molar-refractivity contribution in [2.45, 2.75) is 64.2 Å². The van der Waals surface area contributed by atoms with Gasteiger partial charge in [-0.3, -0.25) is 4.79 Å². The third-order valence-corrected chi connectivity index (χ3v) is 5.33. The maximum Gasteiger partial charge on any atom is 0.304 e. The zero-order chi connectivity index (χ0) is 15.7. The molecule has 22 heavy (non-hydrogen) atoms. The van der Waals surface area contributed by atoms with E-state index in [0.717, 1.165) is 38.5 Å². The van der Waals surface area contributed by atoms with Gasteiger partial charge in [0.25, 0.3) is 0 Å². The molecule has 2 N–H and O–H groups in total. The van der Waals surface area contributed by atoms with E-state index in [1.54, 1.807) is 0 Å². The molecule has 1 heterocycles. The van der Waals surface area contributed by atoms with Crippen molar-refractivity contribution in [3.63, 3.8) is 0 Å². The Bertz CT molecular complexity index is 701. The van der Waals surface area contributed by atoms with Crippen LogP contribution in [0.25, 0.3) is 10.9 Å². The average molecular weight is 299 g/mol. The molecule has 2 aromatic rings. The fourth-order valence-corrected chi connectivity index (χ4v) is 4.20. The maximum atomic E-state index is 11.4. The zero-order valence-electron chi connectivity index (χ0n) is 13.5. The number of aromatic amines is 1. The molecular formula is C19H25NO2. The first kappa shape index (κ1) is 15.1. The zero-order valence-corrected chi connectivity index (χ0v) is 13.5. The van der Waals surface area contributed by atoms with Crippen LogP contribution >= 0.6 is 0 Å². The number of aryl methyl sites for hydroxylation is 2. The number of para-hydroxylation sites is 1. The second-order valence-corrected chi connectivity index (χ2v) is 6.63. The molecule has 118 valence electrons. The van der Waals surface area contributed by atoms with Gasteiger partial charge < -0.3 is 10.1 Å². The van der Waals surface area contributed by atoms with Crippen LogP contribution < -0.4 is 0 Å². The third kappa shape index (κ3) is 2.33. The van der Waals surface area contributed by atoms with E-state index in [1.165, 1.54) is 27.7 Å². The maximum absolute atomic E-state index is 11.4. The van der Waals surface area contributed by atoms with Gasteiger partial charge >= 0.3 is 5.97 Å². The van der Waals surface area contributed by atoms with Crippen LogP contribution in [-0.2, 0) is 23.1 Å². The van der Waals surface area contributed by atoms with Gasteiger partial charge in [0.2, 0.25) is 0 Å². The van der Waals surface area contributed by atoms with E-state index in [1.807, 2.05) is 0 Å². The lowest BCUT2D eigenvalue weighted by atomic mass is 9.69. The Morgan fingerprint density at radius 2 is 2.18 bits per heavy atom. The van der Waals surface area contributed by atoms with Crippen molar-refractivity contribution >= 4 is 16.9 Å². The monoisotopic (exact) mass is 299 g/mol. The lowest BCUT2D eigenvalue weighted by molar-refractivity contribution is -0.138. The van der Waals surface area contributed by atoms with Gasteiger partial charge in [0.05, 0.1) is 6.42 Å². The highest BCUT2D eigenvalue weighted by Crippen LogP contribution is 2.45. The van der Waals surface area contributed by atoms with Crippen LogP contribution in [0.5, 0.6) is 0 Å². The van der Waals surface area contributed by atoms with E-state index in [-0.39, 0.29) is 11.8 Å². The van der Waals surface area contributed by atoms with Gasteiger partial charge in [-0.05, 0) is 43.2 Å². The molecule has 1 aromatic carbocycles. The lowest BCUT2D eigenvalue weighted by Crippen LogP contribution is -2.33. The summed E-state index contributed by atoms with van der Waals surface area (Å²) in [5, 5.41) is 10.7. The summed E-state index contributed by atoms with van der Waals surface area (Å²) >= 11 is 0. The fourth-order valence-electron chi connectivity index (χ4n) is 4.20. The molecule has 0 radical (unpaired) electrons. The molecule has 1 aromatic heterocycles. The van der Waals surface area contributed by atoms with Crippen LogP contribution in [0.3, 0.4) is 0 Å². The van der Waals surface area contributed by atoms with E-state index >= 15 is 0 Å². The molecule has 0 saturated heterocycles. The van der Waals surface area contributed by atoms with Crippen LogP contribution in [-0.4, -0.2) is 16.1 Å². The first-order valence-corrected chi connectivity index (χ1v) is 8.46. The molecule has 0 unspecified atom stereocenters. The average Bonchev–Trinajstić information content (AvgIpc) is 2.88. The topological polar surface area (TPSA) is 53.1 Å². The number of fused-ring (bicyclic) bond motifs is 3. The highest BCUT2D eigenvalue weighted by atomic mass is 16.4. The number of carboxylic acid groups (broad SMARTS) is 1. The van der Waals surface area contributed by atoms with Gasteiger partial charge in [-0.1, -0.05) is 38.5 Å². The van der Waals surface area contributed by atoms with Crippen LogP contribution in [0, 0.1) is 0 Å². The Labute approximate surface area is 131 Å². The summed E-state index contributed by atoms with van der Waals surface area (Å²) in [6, 6.07) is 6.52. The van der Waals surface area contributed by atoms with Crippen molar-refractivity contribution in [2.75, 3.05) is 0 Å². The number of aliphatic carboxylic acids is 1. The largest absolute Gasteiger partial charge is 0.481 e. The van der Waals surface area contributed by atoms with Crippen molar-refractivity contribution in [1.82, 2.24) is 4.98 Å². The number of aromatic nitrogens is 1. The predicted octanol–water partition coefficient (Wildman–Crippen LogP) is 4.58. The molecule has 3 heteroatoms. The van der Waals surface area contributed by atoms with E-state index in [4.69, 9.17) is 0 Å². The summed E-state index contributed by atoms with van der Waals surface area (Å²) in [6.45, 7) is 4.32. The molecule has 3 nitrogen and oxygen atoms in total. The molecular weight excluding hydrogens is 274 g/mol. The minimum Gasteiger partial charge on any atom is -0.481 e. The van der Waals surface area contributed by atoms with E-state index in [0.29, 0.717) is 0 Å². The SMILES string of the molecule is CCCc1cccc2c3c([nH]c12)[C@@](CC)(CC(=O)O)CCC3. The normalized spacial score (nSPS) is 21.0. The second kappa shape index (κ2) is 5.79. The van der Waals surface area contributed by atoms with Gasteiger partial charge in [0, 0.05) is 22.0 Å². The van der Waals surface area contributed by atoms with Gasteiger partial charge in [-0.25, -0.2) is 0 Å². The van der Waals surface area contributed by atoms with Gasteiger partial charge in [0.15, 0.2) is 0 Å². The molecule has 3 rings (SSSR count). The first-order valence-electron chi connectivity index (χ1n) is 8.46. The summed E-state index contributed by atoms with van der Waals surface area (Å²) in [5.41, 5.74) is 4.93. The lowest BCUT2D eigenvalue weighted by Gasteiger charge is -2.35. The fraction of sp³-hybridized carbons (Fsp3) is 0.526. The highest BCUT2D eigenvalue weighted by Gasteiger charge is 2.39. The summed E-state index contributed by atoms with van der Waals surface area (Å²) in [6.07, 6.45) is 6.41. The van der Waals surface area contributed by atoms with E-state index in [9.17, 15) is 9.90 Å². The Morgan fingerprint density at radius 3 is 2.86 bits per heavy atom. The number of H-pyrrole nitrogens is 1. The van der Waals surface area contributed by atoms with Crippen LogP contribution in [0.15, 0.2) is 18.2 Å². The Balaban J connectivity index is 2.20. The Hall–Kier alpha value is -1.77. The number of nitrogens with one attached hydrogen (secondary N) is 1. The minimum atomic E-state index is -0.692. The van der Waals surface area contributed by atoms with Crippen LogP contribution in [0.2, 0.25) is 0 Å². The summed E-state index contributed by atoms with van der Waals surface area (Å²) in [7, 11) is 0. The Morgan fingerprint density at radius 1 is 1.36 bits per heavy atom. The molecule has 0 bridgehead atoms. The molecule has 0 saturated carbocycles. The molecule has 1 aliphatic rings. The summed E-state index contributed by atoms with van der Waals surface area (Å²) in [5.74, 6) is -0.692. The standard InChI is InChI=1S/C19H25NO2/c1-3-7-13-8-5-9-14-15-10-6-11-19(4-2,12-16(21)22)18(15)20-17(13)14/h5,8-9,20H,3-4,6-7,10-12H2,1-2H3,(H,21,22)/t19-/m1/s1. The molecule has 0 amide bonds. The number of hydrogen-bond acceptors (Lipinski definition) is 1. The number of carbonyl (C=O) groups is 1. The molecule has 1 atom stereocenters. The van der Waals surface area contributed by atoms with Crippen molar-refractivity contribution in [3.05, 3.63) is 35.0 Å². The quantitative estimate of drug-likeness (QED) is 0.849. The smallest absolute Gasteiger partial charge is 0.304 e. The minimum absolute atomic E-state index is 0.220. The van der Waals surface area contributed by atoms with Gasteiger partial charge in [-0.15, -0.1) is 0 Å². The van der Waals surface area contributed by atoms with Gasteiger partial charge in [-0.2, -0.15) is 0 Å². The van der Waals surface area contributed by atoms with Crippen molar-refractivity contribution in [1.29, 1.82) is 0 Å². The molecule has 0 aliphatic heterocycles. The van der Waals surface area contributed by atoms with E-state index < -0.39 is 5.97 Å². The van der Waals surface area contributed by atoms with Crippen molar-refractivity contribution < 1.29 is 9.90 Å².